The molecule has 0 atom stereocenters. The summed E-state index contributed by atoms with van der Waals surface area (Å²) in [6.45, 7) is 1.35. The molecule has 1 aromatic rings. The van der Waals surface area contributed by atoms with Crippen LogP contribution in [0, 0.1) is 5.92 Å². The molecule has 1 amide bonds. The van der Waals surface area contributed by atoms with Crippen molar-refractivity contribution in [3.05, 3.63) is 5.89 Å². The Kier molecular flexibility index (Phi) is 3.27. The first-order valence-electron chi connectivity index (χ1n) is 6.77. The van der Waals surface area contributed by atoms with Crippen molar-refractivity contribution >= 4 is 15.7 Å². The minimum absolute atomic E-state index is 0.0428. The van der Waals surface area contributed by atoms with Crippen molar-refractivity contribution in [1.29, 1.82) is 0 Å². The van der Waals surface area contributed by atoms with Crippen LogP contribution in [0.25, 0.3) is 0 Å². The Morgan fingerprint density at radius 1 is 1.20 bits per heavy atom. The van der Waals surface area contributed by atoms with Gasteiger partial charge in [-0.1, -0.05) is 5.10 Å². The molecule has 8 heteroatoms. The molecule has 1 aliphatic heterocycles. The second-order valence-corrected chi connectivity index (χ2v) is 7.45. The number of nitrogens with zero attached hydrogens (tertiary/aromatic N) is 3. The summed E-state index contributed by atoms with van der Waals surface area (Å²) >= 11 is 0. The molecule has 3 rings (SSSR count). The van der Waals surface area contributed by atoms with Crippen LogP contribution in [0.15, 0.2) is 9.64 Å². The van der Waals surface area contributed by atoms with E-state index >= 15 is 0 Å². The summed E-state index contributed by atoms with van der Waals surface area (Å²) < 4.78 is 27.8. The number of piperidine rings is 1. The van der Waals surface area contributed by atoms with Crippen LogP contribution < -0.4 is 0 Å². The lowest BCUT2D eigenvalue weighted by molar-refractivity contribution is -0.133. The van der Waals surface area contributed by atoms with E-state index in [-0.39, 0.29) is 23.0 Å². The molecule has 1 saturated heterocycles. The zero-order valence-electron chi connectivity index (χ0n) is 11.3. The molecule has 0 aromatic carbocycles. The molecule has 0 radical (unpaired) electrons. The minimum Gasteiger partial charge on any atom is -0.412 e. The van der Waals surface area contributed by atoms with Crippen molar-refractivity contribution in [2.75, 3.05) is 19.3 Å². The summed E-state index contributed by atoms with van der Waals surface area (Å²) in [5, 5.41) is 7.06. The molecular formula is C12H17N3O4S. The molecule has 2 aliphatic rings. The Bertz CT molecular complexity index is 612. The van der Waals surface area contributed by atoms with E-state index in [0.717, 1.165) is 31.9 Å². The molecule has 0 N–H and O–H groups in total. The quantitative estimate of drug-likeness (QED) is 0.811. The third-order valence-corrected chi connectivity index (χ3v) is 4.62. The predicted molar refractivity (Wildman–Crippen MR) is 68.7 cm³/mol. The number of hydrogen-bond donors (Lipinski definition) is 0. The van der Waals surface area contributed by atoms with E-state index in [9.17, 15) is 13.2 Å². The van der Waals surface area contributed by atoms with Gasteiger partial charge in [0.25, 0.3) is 0 Å². The maximum Gasteiger partial charge on any atom is 0.335 e. The van der Waals surface area contributed by atoms with Crippen LogP contribution in [-0.2, 0) is 14.6 Å². The van der Waals surface area contributed by atoms with Crippen LogP contribution in [0.4, 0.5) is 0 Å². The van der Waals surface area contributed by atoms with Gasteiger partial charge in [-0.25, -0.2) is 8.42 Å². The zero-order valence-corrected chi connectivity index (χ0v) is 12.1. The number of carbonyl (C=O) groups is 1. The Hall–Kier alpha value is -1.44. The molecule has 1 saturated carbocycles. The summed E-state index contributed by atoms with van der Waals surface area (Å²) in [5.41, 5.74) is 0. The third-order valence-electron chi connectivity index (χ3n) is 3.82. The summed E-state index contributed by atoms with van der Waals surface area (Å²) in [6.07, 6.45) is 4.55. The number of rotatable bonds is 3. The Labute approximate surface area is 117 Å². The Morgan fingerprint density at radius 3 is 2.35 bits per heavy atom. The summed E-state index contributed by atoms with van der Waals surface area (Å²) in [5.74, 6) is 0.905. The highest BCUT2D eigenvalue weighted by Crippen LogP contribution is 2.34. The molecule has 1 aromatic heterocycles. The number of likely N-dealkylation sites (tertiary alicyclic amines) is 1. The van der Waals surface area contributed by atoms with E-state index in [4.69, 9.17) is 4.42 Å². The minimum atomic E-state index is -3.45. The number of aromatic nitrogens is 2. The Morgan fingerprint density at radius 2 is 1.85 bits per heavy atom. The lowest BCUT2D eigenvalue weighted by Gasteiger charge is -2.30. The summed E-state index contributed by atoms with van der Waals surface area (Å²) in [4.78, 5) is 13.8. The van der Waals surface area contributed by atoms with E-state index in [1.54, 1.807) is 0 Å². The molecular weight excluding hydrogens is 282 g/mol. The van der Waals surface area contributed by atoms with Crippen molar-refractivity contribution in [2.45, 2.75) is 36.8 Å². The largest absolute Gasteiger partial charge is 0.412 e. The highest BCUT2D eigenvalue weighted by molar-refractivity contribution is 7.90. The van der Waals surface area contributed by atoms with Gasteiger partial charge >= 0.3 is 5.22 Å². The van der Waals surface area contributed by atoms with E-state index in [0.29, 0.717) is 19.0 Å². The molecule has 7 nitrogen and oxygen atoms in total. The molecule has 0 unspecified atom stereocenters. The molecule has 0 spiro atoms. The van der Waals surface area contributed by atoms with Crippen molar-refractivity contribution in [2.24, 2.45) is 5.92 Å². The van der Waals surface area contributed by atoms with Crippen molar-refractivity contribution < 1.29 is 17.6 Å². The predicted octanol–water partition coefficient (Wildman–Crippen LogP) is 0.589. The van der Waals surface area contributed by atoms with Crippen molar-refractivity contribution in [3.8, 4) is 0 Å². The molecule has 1 aliphatic carbocycles. The zero-order chi connectivity index (χ0) is 14.3. The lowest BCUT2D eigenvalue weighted by atomic mass is 9.96. The van der Waals surface area contributed by atoms with E-state index < -0.39 is 9.84 Å². The molecule has 110 valence electrons. The number of carbonyl (C=O) groups excluding carboxylic acids is 1. The summed E-state index contributed by atoms with van der Waals surface area (Å²) in [6, 6.07) is 0. The van der Waals surface area contributed by atoms with Gasteiger partial charge in [0, 0.05) is 31.2 Å². The second-order valence-electron chi connectivity index (χ2n) is 5.55. The highest BCUT2D eigenvalue weighted by Gasteiger charge is 2.36. The Balaban J connectivity index is 1.63. The fraction of sp³-hybridized carbons (Fsp3) is 0.750. The number of amides is 1. The van der Waals surface area contributed by atoms with Crippen LogP contribution in [0.3, 0.4) is 0 Å². The average Bonchev–Trinajstić information content (AvgIpc) is 3.13. The highest BCUT2D eigenvalue weighted by atomic mass is 32.2. The topological polar surface area (TPSA) is 93.4 Å². The van der Waals surface area contributed by atoms with Gasteiger partial charge in [0.2, 0.25) is 21.6 Å². The first-order chi connectivity index (χ1) is 9.45. The van der Waals surface area contributed by atoms with Crippen LogP contribution in [-0.4, -0.2) is 48.8 Å². The van der Waals surface area contributed by atoms with E-state index in [1.807, 2.05) is 4.90 Å². The normalized spacial score (nSPS) is 21.1. The van der Waals surface area contributed by atoms with Crippen LogP contribution in [0.5, 0.6) is 0 Å². The standard InChI is InChI=1S/C12H17N3O4S/c1-20(17,18)12-14-13-10(19-12)8-4-6-15(7-5-8)11(16)9-2-3-9/h8-9H,2-7H2,1H3. The molecule has 20 heavy (non-hydrogen) atoms. The van der Waals surface area contributed by atoms with Gasteiger partial charge in [-0.2, -0.15) is 0 Å². The van der Waals surface area contributed by atoms with E-state index in [2.05, 4.69) is 10.2 Å². The van der Waals surface area contributed by atoms with Crippen LogP contribution in [0.2, 0.25) is 0 Å². The van der Waals surface area contributed by atoms with Crippen molar-refractivity contribution in [1.82, 2.24) is 15.1 Å². The summed E-state index contributed by atoms with van der Waals surface area (Å²) in [7, 11) is -3.45. The van der Waals surface area contributed by atoms with Gasteiger partial charge in [0.15, 0.2) is 0 Å². The monoisotopic (exact) mass is 299 g/mol. The second kappa shape index (κ2) is 4.83. The number of sulfone groups is 1. The van der Waals surface area contributed by atoms with Crippen LogP contribution in [0.1, 0.15) is 37.5 Å². The SMILES string of the molecule is CS(=O)(=O)c1nnc(C2CCN(C(=O)C3CC3)CC2)o1. The van der Waals surface area contributed by atoms with Gasteiger partial charge < -0.3 is 9.32 Å². The maximum atomic E-state index is 11.9. The third kappa shape index (κ3) is 2.70. The first-order valence-corrected chi connectivity index (χ1v) is 8.66. The van der Waals surface area contributed by atoms with Gasteiger partial charge in [-0.3, -0.25) is 4.79 Å². The van der Waals surface area contributed by atoms with Crippen LogP contribution >= 0.6 is 0 Å². The molecule has 0 bridgehead atoms. The first kappa shape index (κ1) is 13.5. The van der Waals surface area contributed by atoms with E-state index in [1.165, 1.54) is 0 Å². The lowest BCUT2D eigenvalue weighted by Crippen LogP contribution is -2.38. The fourth-order valence-corrected chi connectivity index (χ4v) is 2.90. The maximum absolute atomic E-state index is 11.9. The van der Waals surface area contributed by atoms with Gasteiger partial charge in [-0.05, 0) is 25.7 Å². The van der Waals surface area contributed by atoms with Gasteiger partial charge in [0.05, 0.1) is 0 Å². The number of hydrogen-bond acceptors (Lipinski definition) is 6. The van der Waals surface area contributed by atoms with Gasteiger partial charge in [0.1, 0.15) is 0 Å². The fourth-order valence-electron chi connectivity index (χ4n) is 2.47. The molecule has 2 fully saturated rings. The average molecular weight is 299 g/mol. The van der Waals surface area contributed by atoms with Crippen molar-refractivity contribution in [3.63, 3.8) is 0 Å². The van der Waals surface area contributed by atoms with Gasteiger partial charge in [-0.15, -0.1) is 5.10 Å². The molecule has 2 heterocycles. The smallest absolute Gasteiger partial charge is 0.335 e.